The monoisotopic (exact) mass is 430 g/mol. The Kier molecular flexibility index (Phi) is 5.37. The van der Waals surface area contributed by atoms with Gasteiger partial charge in [0.2, 0.25) is 0 Å². The summed E-state index contributed by atoms with van der Waals surface area (Å²) in [7, 11) is 0. The van der Waals surface area contributed by atoms with Crippen molar-refractivity contribution in [2.75, 3.05) is 0 Å². The Morgan fingerprint density at radius 3 is 2.06 bits per heavy atom. The lowest BCUT2D eigenvalue weighted by molar-refractivity contribution is 0.482. The van der Waals surface area contributed by atoms with Crippen LogP contribution in [0, 0.1) is 13.8 Å². The largest absolute Gasteiger partial charge is 0.505 e. The first-order valence-corrected chi connectivity index (χ1v) is 10.7. The van der Waals surface area contributed by atoms with E-state index in [4.69, 9.17) is 0 Å². The number of phenols is 1. The molecule has 5 aromatic rings. The van der Waals surface area contributed by atoms with Crippen LogP contribution in [0.2, 0.25) is 0 Å². The Labute approximate surface area is 191 Å². The van der Waals surface area contributed by atoms with E-state index in [2.05, 4.69) is 26.5 Å². The summed E-state index contributed by atoms with van der Waals surface area (Å²) in [6.45, 7) is 4.08. The molecule has 0 unspecified atom stereocenters. The minimum Gasteiger partial charge on any atom is -0.505 e. The number of benzene rings is 5. The molecule has 0 fully saturated rings. The molecule has 5 nitrogen and oxygen atoms in total. The fourth-order valence-electron chi connectivity index (χ4n) is 3.84. The maximum atomic E-state index is 10.6. The molecular weight excluding hydrogens is 408 g/mol. The van der Waals surface area contributed by atoms with Crippen molar-refractivity contribution >= 4 is 44.3 Å². The lowest BCUT2D eigenvalue weighted by Gasteiger charge is -2.07. The summed E-state index contributed by atoms with van der Waals surface area (Å²) < 4.78 is 0. The maximum absolute atomic E-state index is 10.6. The summed E-state index contributed by atoms with van der Waals surface area (Å²) in [5, 5.41) is 32.0. The first-order valence-electron chi connectivity index (χ1n) is 10.7. The third-order valence-corrected chi connectivity index (χ3v) is 5.55. The fraction of sp³-hybridized carbons (Fsp3) is 0.0714. The average molecular weight is 431 g/mol. The van der Waals surface area contributed by atoms with E-state index in [0.29, 0.717) is 11.4 Å². The van der Waals surface area contributed by atoms with Crippen molar-refractivity contribution in [3.05, 3.63) is 102 Å². The van der Waals surface area contributed by atoms with E-state index in [1.165, 1.54) is 0 Å². The third kappa shape index (κ3) is 4.21. The molecule has 0 heterocycles. The predicted octanol–water partition coefficient (Wildman–Crippen LogP) is 9.15. The van der Waals surface area contributed by atoms with E-state index in [1.54, 1.807) is 6.07 Å². The minimum absolute atomic E-state index is 0.126. The van der Waals surface area contributed by atoms with Crippen molar-refractivity contribution in [1.82, 2.24) is 0 Å². The highest BCUT2D eigenvalue weighted by Crippen LogP contribution is 2.38. The minimum atomic E-state index is 0.126. The quantitative estimate of drug-likeness (QED) is 0.284. The van der Waals surface area contributed by atoms with Gasteiger partial charge in [0.05, 0.1) is 17.1 Å². The Bertz CT molecular complexity index is 1550. The number of aryl methyl sites for hydroxylation is 2. The van der Waals surface area contributed by atoms with Crippen molar-refractivity contribution in [3.63, 3.8) is 0 Å². The zero-order chi connectivity index (χ0) is 22.8. The topological polar surface area (TPSA) is 69.7 Å². The Balaban J connectivity index is 1.55. The normalized spacial score (nSPS) is 11.8. The fourth-order valence-corrected chi connectivity index (χ4v) is 3.84. The summed E-state index contributed by atoms with van der Waals surface area (Å²) in [5.74, 6) is 0.126. The molecule has 0 saturated heterocycles. The summed E-state index contributed by atoms with van der Waals surface area (Å²) in [6, 6.07) is 29.2. The van der Waals surface area contributed by atoms with Crippen LogP contribution in [0.1, 0.15) is 11.1 Å². The van der Waals surface area contributed by atoms with Crippen LogP contribution in [0.4, 0.5) is 22.7 Å². The highest BCUT2D eigenvalue weighted by Gasteiger charge is 2.08. The summed E-state index contributed by atoms with van der Waals surface area (Å²) >= 11 is 0. The molecule has 5 heteroatoms. The van der Waals surface area contributed by atoms with Crippen LogP contribution in [-0.4, -0.2) is 5.11 Å². The number of nitrogens with zero attached hydrogens (tertiary/aromatic N) is 4. The molecule has 1 N–H and O–H groups in total. The Morgan fingerprint density at radius 2 is 1.21 bits per heavy atom. The molecule has 5 aromatic carbocycles. The number of aromatic hydroxyl groups is 1. The van der Waals surface area contributed by atoms with Crippen molar-refractivity contribution < 1.29 is 5.11 Å². The van der Waals surface area contributed by atoms with Gasteiger partial charge < -0.3 is 5.11 Å². The van der Waals surface area contributed by atoms with E-state index >= 15 is 0 Å². The van der Waals surface area contributed by atoms with E-state index in [9.17, 15) is 5.11 Å². The van der Waals surface area contributed by atoms with Gasteiger partial charge in [0.1, 0.15) is 5.69 Å². The van der Waals surface area contributed by atoms with Crippen molar-refractivity contribution in [3.8, 4) is 5.75 Å². The molecule has 0 bridgehead atoms. The molecule has 33 heavy (non-hydrogen) atoms. The van der Waals surface area contributed by atoms with Crippen LogP contribution >= 0.6 is 0 Å². The number of phenolic OH excluding ortho intramolecular Hbond substituents is 1. The molecular formula is C28H22N4O. The number of fused-ring (bicyclic) bond motifs is 2. The zero-order valence-corrected chi connectivity index (χ0v) is 18.4. The highest BCUT2D eigenvalue weighted by molar-refractivity contribution is 6.00. The van der Waals surface area contributed by atoms with E-state index in [0.717, 1.165) is 44.0 Å². The van der Waals surface area contributed by atoms with Gasteiger partial charge in [-0.25, -0.2) is 0 Å². The lowest BCUT2D eigenvalue weighted by atomic mass is 10.0. The van der Waals surface area contributed by atoms with Crippen molar-refractivity contribution in [1.29, 1.82) is 0 Å². The molecule has 0 aliphatic heterocycles. The van der Waals surface area contributed by atoms with Gasteiger partial charge in [-0.15, -0.1) is 15.3 Å². The molecule has 0 atom stereocenters. The van der Waals surface area contributed by atoms with Crippen LogP contribution in [-0.2, 0) is 0 Å². The number of hydrogen-bond acceptors (Lipinski definition) is 5. The Morgan fingerprint density at radius 1 is 0.515 bits per heavy atom. The van der Waals surface area contributed by atoms with Crippen LogP contribution in [0.5, 0.6) is 5.75 Å². The van der Waals surface area contributed by atoms with Crippen molar-refractivity contribution in [2.45, 2.75) is 13.8 Å². The van der Waals surface area contributed by atoms with Gasteiger partial charge >= 0.3 is 0 Å². The highest BCUT2D eigenvalue weighted by atomic mass is 16.3. The van der Waals surface area contributed by atoms with Gasteiger partial charge in [-0.3, -0.25) is 0 Å². The molecule has 0 aliphatic rings. The van der Waals surface area contributed by atoms with Crippen LogP contribution in [0.25, 0.3) is 21.5 Å². The zero-order valence-electron chi connectivity index (χ0n) is 18.4. The van der Waals surface area contributed by atoms with E-state index in [-0.39, 0.29) is 5.75 Å². The molecule has 0 radical (unpaired) electrons. The first kappa shape index (κ1) is 20.5. The molecule has 0 aliphatic carbocycles. The second kappa shape index (κ2) is 8.63. The van der Waals surface area contributed by atoms with Gasteiger partial charge in [0, 0.05) is 16.2 Å². The van der Waals surface area contributed by atoms with Gasteiger partial charge in [0.15, 0.2) is 5.75 Å². The summed E-state index contributed by atoms with van der Waals surface area (Å²) in [6.07, 6.45) is 0. The predicted molar refractivity (Wildman–Crippen MR) is 134 cm³/mol. The molecule has 0 aromatic heterocycles. The maximum Gasteiger partial charge on any atom is 0.150 e. The SMILES string of the molecule is Cc1cccc(/N=N/c2ccc(/N=N/c3ccc4ccccc4c3O)c3ccc(C)cc23)c1. The molecule has 5 rings (SSSR count). The third-order valence-electron chi connectivity index (χ3n) is 5.55. The second-order valence-electron chi connectivity index (χ2n) is 8.05. The van der Waals surface area contributed by atoms with Crippen LogP contribution < -0.4 is 0 Å². The van der Waals surface area contributed by atoms with Gasteiger partial charge in [-0.2, -0.15) is 5.11 Å². The van der Waals surface area contributed by atoms with Crippen LogP contribution in [0.3, 0.4) is 0 Å². The van der Waals surface area contributed by atoms with Gasteiger partial charge in [-0.1, -0.05) is 60.2 Å². The second-order valence-corrected chi connectivity index (χ2v) is 8.05. The number of hydrogen-bond donors (Lipinski definition) is 1. The lowest BCUT2D eigenvalue weighted by Crippen LogP contribution is -1.79. The van der Waals surface area contributed by atoms with E-state index < -0.39 is 0 Å². The van der Waals surface area contributed by atoms with Gasteiger partial charge in [-0.05, 0) is 61.2 Å². The first-order chi connectivity index (χ1) is 16.1. The van der Waals surface area contributed by atoms with E-state index in [1.807, 2.05) is 92.7 Å². The summed E-state index contributed by atoms with van der Waals surface area (Å²) in [5.41, 5.74) is 4.97. The number of azo groups is 2. The molecule has 160 valence electrons. The van der Waals surface area contributed by atoms with Gasteiger partial charge in [0.25, 0.3) is 0 Å². The molecule has 0 amide bonds. The number of rotatable bonds is 4. The van der Waals surface area contributed by atoms with Crippen LogP contribution in [0.15, 0.2) is 111 Å². The standard InChI is InChI=1S/C28H22N4O/c1-18-6-5-8-21(16-18)29-30-26-15-14-25(23-12-10-19(2)17-24(23)26)31-32-27-13-11-20-7-3-4-9-22(20)28(27)33/h3-17,33H,1-2H3/b30-29+,32-31+. The van der Waals surface area contributed by atoms with Crippen molar-refractivity contribution in [2.24, 2.45) is 20.5 Å². The summed E-state index contributed by atoms with van der Waals surface area (Å²) in [4.78, 5) is 0. The molecule has 0 spiro atoms. The smallest absolute Gasteiger partial charge is 0.150 e. The molecule has 0 saturated carbocycles. The average Bonchev–Trinajstić information content (AvgIpc) is 2.83. The Hall–Kier alpha value is -4.38.